The molecule has 1 amide bonds. The summed E-state index contributed by atoms with van der Waals surface area (Å²) in [6, 6.07) is 6.05. The highest BCUT2D eigenvalue weighted by Crippen LogP contribution is 2.17. The third-order valence-electron chi connectivity index (χ3n) is 4.10. The number of benzene rings is 1. The Balaban J connectivity index is 1.67. The lowest BCUT2D eigenvalue weighted by Gasteiger charge is -2.29. The summed E-state index contributed by atoms with van der Waals surface area (Å²) in [7, 11) is 0. The number of rotatable bonds is 5. The second-order valence-electron chi connectivity index (χ2n) is 5.81. The van der Waals surface area contributed by atoms with Crippen molar-refractivity contribution in [3.8, 4) is 5.75 Å². The van der Waals surface area contributed by atoms with Crippen LogP contribution in [0, 0.1) is 13.8 Å². The molecule has 0 radical (unpaired) electrons. The van der Waals surface area contributed by atoms with E-state index in [2.05, 4.69) is 19.9 Å². The zero-order valence-corrected chi connectivity index (χ0v) is 13.0. The number of carbonyl (C=O) groups excluding carboxylic acids is 1. The maximum Gasteiger partial charge on any atom is 0.222 e. The summed E-state index contributed by atoms with van der Waals surface area (Å²) in [5.74, 6) is 1.04. The highest BCUT2D eigenvalue weighted by molar-refractivity contribution is 5.76. The Morgan fingerprint density at radius 1 is 1.29 bits per heavy atom. The first kappa shape index (κ1) is 15.8. The van der Waals surface area contributed by atoms with Crippen LogP contribution < -0.4 is 4.74 Å². The van der Waals surface area contributed by atoms with Gasteiger partial charge in [0.15, 0.2) is 0 Å². The van der Waals surface area contributed by atoms with E-state index in [0.717, 1.165) is 12.2 Å². The van der Waals surface area contributed by atoms with Gasteiger partial charge in [-0.2, -0.15) is 0 Å². The van der Waals surface area contributed by atoms with Crippen molar-refractivity contribution in [3.63, 3.8) is 0 Å². The molecule has 1 N–H and O–H groups in total. The van der Waals surface area contributed by atoms with Crippen molar-refractivity contribution in [3.05, 3.63) is 29.3 Å². The van der Waals surface area contributed by atoms with Gasteiger partial charge in [-0.3, -0.25) is 4.79 Å². The molecule has 1 saturated heterocycles. The lowest BCUT2D eigenvalue weighted by atomic mass is 10.1. The fourth-order valence-corrected chi connectivity index (χ4v) is 2.49. The topological polar surface area (TPSA) is 49.8 Å². The van der Waals surface area contributed by atoms with E-state index < -0.39 is 0 Å². The summed E-state index contributed by atoms with van der Waals surface area (Å²) < 4.78 is 5.69. The van der Waals surface area contributed by atoms with Gasteiger partial charge >= 0.3 is 0 Å². The summed E-state index contributed by atoms with van der Waals surface area (Å²) in [6.07, 6.45) is 2.41. The standard InChI is InChI=1S/C17H25NO3/c1-13-5-6-16(12-14(13)2)21-11-3-4-17(20)18-9-7-15(19)8-10-18/h5-6,12,15,19H,3-4,7-11H2,1-2H3. The van der Waals surface area contributed by atoms with Crippen molar-refractivity contribution in [1.82, 2.24) is 4.90 Å². The summed E-state index contributed by atoms with van der Waals surface area (Å²) >= 11 is 0. The summed E-state index contributed by atoms with van der Waals surface area (Å²) in [5.41, 5.74) is 2.47. The van der Waals surface area contributed by atoms with Crippen LogP contribution in [0.3, 0.4) is 0 Å². The van der Waals surface area contributed by atoms with Crippen LogP contribution in [-0.4, -0.2) is 41.7 Å². The average Bonchev–Trinajstić information content (AvgIpc) is 2.47. The molecule has 4 heteroatoms. The molecule has 0 atom stereocenters. The number of hydrogen-bond donors (Lipinski definition) is 1. The molecule has 1 fully saturated rings. The molecule has 1 aromatic rings. The molecule has 1 aliphatic heterocycles. The smallest absolute Gasteiger partial charge is 0.222 e. The highest BCUT2D eigenvalue weighted by atomic mass is 16.5. The summed E-state index contributed by atoms with van der Waals surface area (Å²) in [6.45, 7) is 6.06. The molecule has 0 saturated carbocycles. The van der Waals surface area contributed by atoms with E-state index in [1.165, 1.54) is 11.1 Å². The minimum absolute atomic E-state index is 0.172. The van der Waals surface area contributed by atoms with Crippen LogP contribution in [0.5, 0.6) is 5.75 Å². The van der Waals surface area contributed by atoms with Crippen LogP contribution in [0.2, 0.25) is 0 Å². The minimum atomic E-state index is -0.234. The summed E-state index contributed by atoms with van der Waals surface area (Å²) in [4.78, 5) is 13.9. The molecular formula is C17H25NO3. The van der Waals surface area contributed by atoms with E-state index >= 15 is 0 Å². The zero-order chi connectivity index (χ0) is 15.2. The number of nitrogens with zero attached hydrogens (tertiary/aromatic N) is 1. The normalized spacial score (nSPS) is 16.0. The van der Waals surface area contributed by atoms with Gasteiger partial charge in [0.25, 0.3) is 0 Å². The number of likely N-dealkylation sites (tertiary alicyclic amines) is 1. The van der Waals surface area contributed by atoms with E-state index in [1.807, 2.05) is 17.0 Å². The fourth-order valence-electron chi connectivity index (χ4n) is 2.49. The molecule has 0 aromatic heterocycles. The molecule has 1 aromatic carbocycles. The number of aryl methyl sites for hydroxylation is 2. The van der Waals surface area contributed by atoms with Crippen LogP contribution >= 0.6 is 0 Å². The van der Waals surface area contributed by atoms with Gasteiger partial charge in [-0.25, -0.2) is 0 Å². The Labute approximate surface area is 126 Å². The number of hydrogen-bond acceptors (Lipinski definition) is 3. The maximum atomic E-state index is 12.0. The Kier molecular flexibility index (Phi) is 5.62. The number of amides is 1. The van der Waals surface area contributed by atoms with Crippen LogP contribution in [0.1, 0.15) is 36.8 Å². The first-order valence-corrected chi connectivity index (χ1v) is 7.72. The van der Waals surface area contributed by atoms with E-state index in [4.69, 9.17) is 4.74 Å². The third kappa shape index (κ3) is 4.74. The second kappa shape index (κ2) is 7.46. The number of aliphatic hydroxyl groups is 1. The van der Waals surface area contributed by atoms with Gasteiger partial charge < -0.3 is 14.7 Å². The number of piperidine rings is 1. The lowest BCUT2D eigenvalue weighted by Crippen LogP contribution is -2.40. The van der Waals surface area contributed by atoms with E-state index in [1.54, 1.807) is 0 Å². The third-order valence-corrected chi connectivity index (χ3v) is 4.10. The Morgan fingerprint density at radius 3 is 2.67 bits per heavy atom. The Morgan fingerprint density at radius 2 is 2.00 bits per heavy atom. The van der Waals surface area contributed by atoms with E-state index in [-0.39, 0.29) is 12.0 Å². The Bertz CT molecular complexity index is 479. The van der Waals surface area contributed by atoms with Crippen molar-refractivity contribution in [2.75, 3.05) is 19.7 Å². The number of carbonyl (C=O) groups is 1. The van der Waals surface area contributed by atoms with Gasteiger partial charge in [0.05, 0.1) is 12.7 Å². The van der Waals surface area contributed by atoms with Gasteiger partial charge in [-0.1, -0.05) is 6.07 Å². The molecular weight excluding hydrogens is 266 g/mol. The number of ether oxygens (including phenoxy) is 1. The quantitative estimate of drug-likeness (QED) is 0.848. The monoisotopic (exact) mass is 291 g/mol. The molecule has 1 aliphatic rings. The first-order valence-electron chi connectivity index (χ1n) is 7.72. The molecule has 0 unspecified atom stereocenters. The van der Waals surface area contributed by atoms with Crippen molar-refractivity contribution >= 4 is 5.91 Å². The average molecular weight is 291 g/mol. The second-order valence-corrected chi connectivity index (χ2v) is 5.81. The van der Waals surface area contributed by atoms with Gasteiger partial charge in [0, 0.05) is 19.5 Å². The molecule has 0 aliphatic carbocycles. The van der Waals surface area contributed by atoms with Crippen molar-refractivity contribution in [1.29, 1.82) is 0 Å². The summed E-state index contributed by atoms with van der Waals surface area (Å²) in [5, 5.41) is 9.43. The van der Waals surface area contributed by atoms with E-state index in [9.17, 15) is 9.90 Å². The van der Waals surface area contributed by atoms with Crippen molar-refractivity contribution in [2.24, 2.45) is 0 Å². The SMILES string of the molecule is Cc1ccc(OCCCC(=O)N2CCC(O)CC2)cc1C. The van der Waals surface area contributed by atoms with Gasteiger partial charge in [-0.15, -0.1) is 0 Å². The molecule has 2 rings (SSSR count). The van der Waals surface area contributed by atoms with Crippen LogP contribution in [0.25, 0.3) is 0 Å². The molecule has 0 spiro atoms. The minimum Gasteiger partial charge on any atom is -0.494 e. The van der Waals surface area contributed by atoms with Crippen LogP contribution in [0.15, 0.2) is 18.2 Å². The van der Waals surface area contributed by atoms with Crippen molar-refractivity contribution in [2.45, 2.75) is 45.6 Å². The molecule has 0 bridgehead atoms. The fraction of sp³-hybridized carbons (Fsp3) is 0.588. The van der Waals surface area contributed by atoms with Gasteiger partial charge in [0.2, 0.25) is 5.91 Å². The molecule has 116 valence electrons. The zero-order valence-electron chi connectivity index (χ0n) is 13.0. The predicted octanol–water partition coefficient (Wildman–Crippen LogP) is 2.45. The maximum absolute atomic E-state index is 12.0. The Hall–Kier alpha value is -1.55. The van der Waals surface area contributed by atoms with Crippen LogP contribution in [0.4, 0.5) is 0 Å². The largest absolute Gasteiger partial charge is 0.494 e. The van der Waals surface area contributed by atoms with Crippen molar-refractivity contribution < 1.29 is 14.6 Å². The molecule has 1 heterocycles. The highest BCUT2D eigenvalue weighted by Gasteiger charge is 2.20. The predicted molar refractivity (Wildman–Crippen MR) is 82.5 cm³/mol. The number of aliphatic hydroxyl groups excluding tert-OH is 1. The van der Waals surface area contributed by atoms with Gasteiger partial charge in [0.1, 0.15) is 5.75 Å². The first-order chi connectivity index (χ1) is 10.1. The molecule has 4 nitrogen and oxygen atoms in total. The van der Waals surface area contributed by atoms with Crippen LogP contribution in [-0.2, 0) is 4.79 Å². The van der Waals surface area contributed by atoms with Gasteiger partial charge in [-0.05, 0) is 56.4 Å². The molecule has 21 heavy (non-hydrogen) atoms. The van der Waals surface area contributed by atoms with E-state index in [0.29, 0.717) is 39.0 Å². The lowest BCUT2D eigenvalue weighted by molar-refractivity contribution is -0.133.